The van der Waals surface area contributed by atoms with Crippen LogP contribution in [0.2, 0.25) is 0 Å². The first-order valence-electron chi connectivity index (χ1n) is 9.28. The van der Waals surface area contributed by atoms with Crippen molar-refractivity contribution in [3.8, 4) is 0 Å². The zero-order valence-electron chi connectivity index (χ0n) is 14.3. The third kappa shape index (κ3) is 1.79. The Hall–Kier alpha value is -0.630. The fourth-order valence-electron chi connectivity index (χ4n) is 6.90. The molecule has 3 fully saturated rings. The Labute approximate surface area is 134 Å². The summed E-state index contributed by atoms with van der Waals surface area (Å²) >= 11 is 0. The van der Waals surface area contributed by atoms with Crippen molar-refractivity contribution in [3.63, 3.8) is 0 Å². The van der Waals surface area contributed by atoms with Crippen molar-refractivity contribution in [1.29, 1.82) is 0 Å². The predicted octanol–water partition coefficient (Wildman–Crippen LogP) is 4.13. The largest absolute Gasteiger partial charge is 0.392 e. The van der Waals surface area contributed by atoms with E-state index < -0.39 is 0 Å². The van der Waals surface area contributed by atoms with Crippen molar-refractivity contribution in [2.45, 2.75) is 71.8 Å². The number of ketones is 1. The lowest BCUT2D eigenvalue weighted by Gasteiger charge is -2.57. The minimum absolute atomic E-state index is 0.115. The lowest BCUT2D eigenvalue weighted by molar-refractivity contribution is -0.118. The molecule has 22 heavy (non-hydrogen) atoms. The van der Waals surface area contributed by atoms with E-state index in [-0.39, 0.29) is 16.9 Å². The third-order valence-corrected chi connectivity index (χ3v) is 8.24. The van der Waals surface area contributed by atoms with Crippen LogP contribution in [-0.2, 0) is 4.79 Å². The van der Waals surface area contributed by atoms with E-state index in [4.69, 9.17) is 0 Å². The van der Waals surface area contributed by atoms with Crippen molar-refractivity contribution in [2.24, 2.45) is 34.5 Å². The van der Waals surface area contributed by atoms with E-state index in [0.29, 0.717) is 17.6 Å². The Bertz CT molecular complexity index is 536. The van der Waals surface area contributed by atoms with E-state index in [0.717, 1.165) is 31.1 Å². The van der Waals surface area contributed by atoms with E-state index in [1.807, 2.05) is 6.08 Å². The Kier molecular flexibility index (Phi) is 3.18. The zero-order valence-corrected chi connectivity index (χ0v) is 14.3. The lowest BCUT2D eigenvalue weighted by Crippen LogP contribution is -2.51. The summed E-state index contributed by atoms with van der Waals surface area (Å²) in [6.45, 7) is 7.01. The summed E-state index contributed by atoms with van der Waals surface area (Å²) in [4.78, 5) is 11.8. The maximum Gasteiger partial charge on any atom is 0.155 e. The smallest absolute Gasteiger partial charge is 0.155 e. The van der Waals surface area contributed by atoms with Crippen LogP contribution < -0.4 is 0 Å². The molecule has 0 aliphatic heterocycles. The topological polar surface area (TPSA) is 37.3 Å². The number of aliphatic hydroxyl groups is 1. The Morgan fingerprint density at radius 3 is 2.68 bits per heavy atom. The SMILES string of the molecule is C[C@H]1C[C@H]2[C@@H]3CCC4=CC(=O)CC[C@]4(C)[C@H]3CC[C@]2(C)[C@H]1O. The first-order valence-corrected chi connectivity index (χ1v) is 9.28. The summed E-state index contributed by atoms with van der Waals surface area (Å²) in [6, 6.07) is 0. The third-order valence-electron chi connectivity index (χ3n) is 8.24. The molecule has 4 aliphatic carbocycles. The molecule has 2 nitrogen and oxygen atoms in total. The Morgan fingerprint density at radius 2 is 1.91 bits per heavy atom. The van der Waals surface area contributed by atoms with E-state index in [1.165, 1.54) is 31.3 Å². The first-order chi connectivity index (χ1) is 10.4. The van der Waals surface area contributed by atoms with Gasteiger partial charge in [0.05, 0.1) is 6.10 Å². The molecule has 0 radical (unpaired) electrons. The van der Waals surface area contributed by atoms with Crippen molar-refractivity contribution in [2.75, 3.05) is 0 Å². The maximum absolute atomic E-state index is 11.8. The number of rotatable bonds is 0. The Morgan fingerprint density at radius 1 is 1.14 bits per heavy atom. The van der Waals surface area contributed by atoms with Crippen molar-refractivity contribution in [1.82, 2.24) is 0 Å². The molecule has 0 spiro atoms. The van der Waals surface area contributed by atoms with Crippen LogP contribution in [0.25, 0.3) is 0 Å². The number of carbonyl (C=O) groups is 1. The summed E-state index contributed by atoms with van der Waals surface area (Å²) in [5.41, 5.74) is 1.85. The number of hydrogen-bond acceptors (Lipinski definition) is 2. The highest BCUT2D eigenvalue weighted by atomic mass is 16.3. The molecule has 0 unspecified atom stereocenters. The Balaban J connectivity index is 1.69. The van der Waals surface area contributed by atoms with Crippen molar-refractivity contribution >= 4 is 5.78 Å². The molecule has 0 heterocycles. The molecule has 0 bridgehead atoms. The van der Waals surface area contributed by atoms with Gasteiger partial charge in [-0.05, 0) is 79.1 Å². The van der Waals surface area contributed by atoms with Crippen LogP contribution in [-0.4, -0.2) is 17.0 Å². The molecular weight excluding hydrogens is 272 g/mol. The fourth-order valence-corrected chi connectivity index (χ4v) is 6.90. The van der Waals surface area contributed by atoms with Gasteiger partial charge in [-0.15, -0.1) is 0 Å². The molecule has 0 amide bonds. The number of carbonyl (C=O) groups excluding carboxylic acids is 1. The summed E-state index contributed by atoms with van der Waals surface area (Å²) in [5.74, 6) is 2.97. The van der Waals surface area contributed by atoms with Gasteiger partial charge in [-0.1, -0.05) is 26.3 Å². The quantitative estimate of drug-likeness (QED) is 0.730. The summed E-state index contributed by atoms with van der Waals surface area (Å²) in [6.07, 6.45) is 9.62. The van der Waals surface area contributed by atoms with Crippen LogP contribution in [0.5, 0.6) is 0 Å². The fraction of sp³-hybridized carbons (Fsp3) is 0.850. The van der Waals surface area contributed by atoms with Gasteiger partial charge < -0.3 is 5.11 Å². The molecule has 0 aromatic rings. The normalized spacial score (nSPS) is 54.3. The molecule has 0 aromatic carbocycles. The van der Waals surface area contributed by atoms with Gasteiger partial charge in [-0.2, -0.15) is 0 Å². The highest BCUT2D eigenvalue weighted by Crippen LogP contribution is 2.65. The van der Waals surface area contributed by atoms with E-state index in [9.17, 15) is 9.90 Å². The van der Waals surface area contributed by atoms with Gasteiger partial charge in [0, 0.05) is 6.42 Å². The monoisotopic (exact) mass is 302 g/mol. The van der Waals surface area contributed by atoms with Crippen LogP contribution in [0.3, 0.4) is 0 Å². The number of allylic oxidation sites excluding steroid dienone is 1. The predicted molar refractivity (Wildman–Crippen MR) is 87.3 cm³/mol. The number of hydrogen-bond donors (Lipinski definition) is 1. The molecule has 3 saturated carbocycles. The van der Waals surface area contributed by atoms with E-state index >= 15 is 0 Å². The first kappa shape index (κ1) is 14.9. The molecule has 122 valence electrons. The number of aliphatic hydroxyl groups excluding tert-OH is 1. The van der Waals surface area contributed by atoms with Gasteiger partial charge in [0.1, 0.15) is 0 Å². The van der Waals surface area contributed by atoms with Crippen LogP contribution in [0, 0.1) is 34.5 Å². The molecule has 4 rings (SSSR count). The van der Waals surface area contributed by atoms with Crippen LogP contribution in [0.1, 0.15) is 65.7 Å². The van der Waals surface area contributed by atoms with Gasteiger partial charge in [0.25, 0.3) is 0 Å². The van der Waals surface area contributed by atoms with Crippen LogP contribution in [0.15, 0.2) is 11.6 Å². The summed E-state index contributed by atoms with van der Waals surface area (Å²) in [5, 5.41) is 10.7. The van der Waals surface area contributed by atoms with Gasteiger partial charge in [0.15, 0.2) is 5.78 Å². The summed E-state index contributed by atoms with van der Waals surface area (Å²) < 4.78 is 0. The second kappa shape index (κ2) is 4.69. The molecule has 1 N–H and O–H groups in total. The molecule has 0 aromatic heterocycles. The standard InChI is InChI=1S/C20H30O2/c1-12-10-17-15-5-4-13-11-14(21)6-8-19(13,2)16(15)7-9-20(17,3)18(12)22/h11-12,15-18,22H,4-10H2,1-3H3/t12-,15+,16-,17-,18-,19-,20-/m0/s1. The van der Waals surface area contributed by atoms with Gasteiger partial charge in [0.2, 0.25) is 0 Å². The average molecular weight is 302 g/mol. The molecule has 0 saturated heterocycles. The zero-order chi connectivity index (χ0) is 15.7. The second-order valence-electron chi connectivity index (χ2n) is 9.17. The average Bonchev–Trinajstić information content (AvgIpc) is 2.72. The summed E-state index contributed by atoms with van der Waals surface area (Å²) in [7, 11) is 0. The molecule has 7 atom stereocenters. The van der Waals surface area contributed by atoms with E-state index in [1.54, 1.807) is 0 Å². The minimum atomic E-state index is -0.115. The van der Waals surface area contributed by atoms with Gasteiger partial charge in [-0.25, -0.2) is 0 Å². The van der Waals surface area contributed by atoms with E-state index in [2.05, 4.69) is 20.8 Å². The van der Waals surface area contributed by atoms with Crippen molar-refractivity contribution < 1.29 is 9.90 Å². The molecule has 4 aliphatic rings. The van der Waals surface area contributed by atoms with Crippen molar-refractivity contribution in [3.05, 3.63) is 11.6 Å². The second-order valence-corrected chi connectivity index (χ2v) is 9.17. The van der Waals surface area contributed by atoms with Crippen LogP contribution >= 0.6 is 0 Å². The highest BCUT2D eigenvalue weighted by Gasteiger charge is 2.60. The molecular formula is C20H30O2. The van der Waals surface area contributed by atoms with Crippen LogP contribution in [0.4, 0.5) is 0 Å². The minimum Gasteiger partial charge on any atom is -0.392 e. The lowest BCUT2D eigenvalue weighted by atomic mass is 9.47. The maximum atomic E-state index is 11.8. The number of fused-ring (bicyclic) bond motifs is 5. The highest BCUT2D eigenvalue weighted by molar-refractivity contribution is 5.91. The van der Waals surface area contributed by atoms with Gasteiger partial charge in [-0.3, -0.25) is 4.79 Å². The van der Waals surface area contributed by atoms with Gasteiger partial charge >= 0.3 is 0 Å². The molecule has 2 heteroatoms.